The van der Waals surface area contributed by atoms with Crippen molar-refractivity contribution in [2.45, 2.75) is 39.7 Å². The van der Waals surface area contributed by atoms with E-state index in [2.05, 4.69) is 53.6 Å². The van der Waals surface area contributed by atoms with Crippen LogP contribution in [0.1, 0.15) is 33.6 Å². The lowest BCUT2D eigenvalue weighted by molar-refractivity contribution is -0.140. The quantitative estimate of drug-likeness (QED) is 0.203. The average molecular weight is 390 g/mol. The zero-order chi connectivity index (χ0) is 20.3. The number of guanidine groups is 1. The molecule has 0 aromatic heterocycles. The van der Waals surface area contributed by atoms with E-state index in [1.165, 1.54) is 4.90 Å². The number of rotatable bonds is 9. The molecule has 4 atom stereocenters. The number of amides is 2. The number of imide groups is 1. The second-order valence-electron chi connectivity index (χ2n) is 8.44. The number of fused-ring (bicyclic) bond motifs is 5. The van der Waals surface area contributed by atoms with Gasteiger partial charge in [0.2, 0.25) is 11.8 Å². The van der Waals surface area contributed by atoms with E-state index in [0.29, 0.717) is 25.6 Å². The van der Waals surface area contributed by atoms with Crippen LogP contribution in [0.5, 0.6) is 0 Å². The van der Waals surface area contributed by atoms with E-state index in [1.54, 1.807) is 0 Å². The van der Waals surface area contributed by atoms with Crippen LogP contribution < -0.4 is 10.6 Å². The fraction of sp³-hybridized carbons (Fsp3) is 0.762. The number of aliphatic imine (C=N–C) groups is 1. The van der Waals surface area contributed by atoms with Crippen molar-refractivity contribution >= 4 is 17.8 Å². The number of allylic oxidation sites excluding steroid dienone is 2. The predicted molar refractivity (Wildman–Crippen MR) is 111 cm³/mol. The highest BCUT2D eigenvalue weighted by molar-refractivity contribution is 6.06. The van der Waals surface area contributed by atoms with Crippen LogP contribution in [0.15, 0.2) is 17.1 Å². The smallest absolute Gasteiger partial charge is 0.233 e. The molecule has 0 radical (unpaired) electrons. The Bertz CT molecular complexity index is 615. The lowest BCUT2D eigenvalue weighted by Gasteiger charge is -2.21. The first-order valence-electron chi connectivity index (χ1n) is 10.7. The number of carbonyl (C=O) groups is 2. The molecule has 3 aliphatic rings. The minimum atomic E-state index is -0.0945. The highest BCUT2D eigenvalue weighted by Gasteiger charge is 2.58. The van der Waals surface area contributed by atoms with E-state index >= 15 is 0 Å². The van der Waals surface area contributed by atoms with Crippen LogP contribution in [0.2, 0.25) is 0 Å². The Morgan fingerprint density at radius 1 is 1.21 bits per heavy atom. The van der Waals surface area contributed by atoms with Gasteiger partial charge in [0.15, 0.2) is 5.96 Å². The zero-order valence-corrected chi connectivity index (χ0v) is 17.6. The summed E-state index contributed by atoms with van der Waals surface area (Å²) in [7, 11) is 2.11. The third kappa shape index (κ3) is 4.24. The molecule has 1 saturated carbocycles. The van der Waals surface area contributed by atoms with E-state index in [9.17, 15) is 9.59 Å². The molecule has 0 aromatic rings. The molecule has 1 saturated heterocycles. The van der Waals surface area contributed by atoms with Gasteiger partial charge in [0.25, 0.3) is 0 Å². The number of nitrogens with zero attached hydrogens (tertiary/aromatic N) is 3. The first kappa shape index (κ1) is 20.8. The molecule has 4 unspecified atom stereocenters. The molecule has 2 amide bonds. The van der Waals surface area contributed by atoms with Gasteiger partial charge >= 0.3 is 0 Å². The first-order valence-corrected chi connectivity index (χ1v) is 10.7. The summed E-state index contributed by atoms with van der Waals surface area (Å²) in [4.78, 5) is 33.7. The summed E-state index contributed by atoms with van der Waals surface area (Å²) < 4.78 is 0. The van der Waals surface area contributed by atoms with Crippen molar-refractivity contribution in [1.29, 1.82) is 0 Å². The summed E-state index contributed by atoms with van der Waals surface area (Å²) in [6.07, 6.45) is 5.95. The average Bonchev–Trinajstić information content (AvgIpc) is 3.33. The molecule has 28 heavy (non-hydrogen) atoms. The summed E-state index contributed by atoms with van der Waals surface area (Å²) in [5.74, 6) is 1.24. The maximum absolute atomic E-state index is 12.7. The summed E-state index contributed by atoms with van der Waals surface area (Å²) in [5, 5.41) is 6.59. The molecule has 1 heterocycles. The Hall–Kier alpha value is -1.89. The maximum Gasteiger partial charge on any atom is 0.233 e. The van der Waals surface area contributed by atoms with Crippen LogP contribution in [0.3, 0.4) is 0 Å². The third-order valence-electron chi connectivity index (χ3n) is 6.35. The second-order valence-corrected chi connectivity index (χ2v) is 8.44. The van der Waals surface area contributed by atoms with Gasteiger partial charge in [0, 0.05) is 38.8 Å². The molecule has 0 spiro atoms. The third-order valence-corrected chi connectivity index (χ3v) is 6.35. The molecule has 2 aliphatic carbocycles. The van der Waals surface area contributed by atoms with Gasteiger partial charge in [0.1, 0.15) is 0 Å². The van der Waals surface area contributed by atoms with Crippen molar-refractivity contribution in [2.24, 2.45) is 28.7 Å². The minimum absolute atomic E-state index is 0.0394. The van der Waals surface area contributed by atoms with Crippen molar-refractivity contribution in [3.63, 3.8) is 0 Å². The molecule has 2 bridgehead atoms. The lowest BCUT2D eigenvalue weighted by atomic mass is 9.85. The summed E-state index contributed by atoms with van der Waals surface area (Å²) in [6.45, 7) is 10.0. The Kier molecular flexibility index (Phi) is 6.75. The monoisotopic (exact) mass is 389 g/mol. The summed E-state index contributed by atoms with van der Waals surface area (Å²) in [6, 6.07) is 0.516. The van der Waals surface area contributed by atoms with Gasteiger partial charge in [-0.15, -0.1) is 0 Å². The van der Waals surface area contributed by atoms with Gasteiger partial charge in [-0.25, -0.2) is 0 Å². The Labute approximate surface area is 168 Å². The van der Waals surface area contributed by atoms with Crippen molar-refractivity contribution in [3.8, 4) is 0 Å². The molecule has 3 rings (SSSR count). The van der Waals surface area contributed by atoms with Crippen molar-refractivity contribution < 1.29 is 9.59 Å². The molecular formula is C21H35N5O2. The van der Waals surface area contributed by atoms with Gasteiger partial charge in [-0.2, -0.15) is 0 Å². The Morgan fingerprint density at radius 3 is 2.43 bits per heavy atom. The van der Waals surface area contributed by atoms with Gasteiger partial charge in [-0.1, -0.05) is 12.2 Å². The molecule has 0 aromatic carbocycles. The summed E-state index contributed by atoms with van der Waals surface area (Å²) >= 11 is 0. The fourth-order valence-corrected chi connectivity index (χ4v) is 4.55. The van der Waals surface area contributed by atoms with Gasteiger partial charge in [-0.3, -0.25) is 19.5 Å². The molecule has 2 fully saturated rings. The minimum Gasteiger partial charge on any atom is -0.357 e. The van der Waals surface area contributed by atoms with Crippen LogP contribution in [0.4, 0.5) is 0 Å². The predicted octanol–water partition coefficient (Wildman–Crippen LogP) is 1.08. The van der Waals surface area contributed by atoms with Gasteiger partial charge in [-0.05, 0) is 52.5 Å². The van der Waals surface area contributed by atoms with Crippen LogP contribution in [0.25, 0.3) is 0 Å². The van der Waals surface area contributed by atoms with Gasteiger partial charge in [0.05, 0.1) is 11.8 Å². The molecular weight excluding hydrogens is 354 g/mol. The molecule has 2 N–H and O–H groups in total. The van der Waals surface area contributed by atoms with E-state index in [4.69, 9.17) is 0 Å². The SMILES string of the molecule is CCNC(=NCCCN1C(=O)C2C3C=CC(C3)C2C1=O)NCCN(C)C(C)C. The number of hydrogen-bond acceptors (Lipinski definition) is 4. The lowest BCUT2D eigenvalue weighted by Crippen LogP contribution is -2.42. The number of nitrogens with one attached hydrogen (secondary N) is 2. The number of likely N-dealkylation sites (tertiary alicyclic amines) is 1. The van der Waals surface area contributed by atoms with Gasteiger partial charge < -0.3 is 15.5 Å². The Balaban J connectivity index is 1.44. The van der Waals surface area contributed by atoms with Crippen LogP contribution >= 0.6 is 0 Å². The van der Waals surface area contributed by atoms with Crippen molar-refractivity contribution in [2.75, 3.05) is 39.8 Å². The van der Waals surface area contributed by atoms with E-state index < -0.39 is 0 Å². The summed E-state index contributed by atoms with van der Waals surface area (Å²) in [5.41, 5.74) is 0. The zero-order valence-electron chi connectivity index (χ0n) is 17.6. The number of likely N-dealkylation sites (N-methyl/N-ethyl adjacent to an activating group) is 1. The number of hydrogen-bond donors (Lipinski definition) is 2. The van der Waals surface area contributed by atoms with Crippen LogP contribution in [-0.4, -0.2) is 73.4 Å². The fourth-order valence-electron chi connectivity index (χ4n) is 4.55. The number of carbonyl (C=O) groups excluding carboxylic acids is 2. The maximum atomic E-state index is 12.7. The molecule has 1 aliphatic heterocycles. The second kappa shape index (κ2) is 9.07. The first-order chi connectivity index (χ1) is 13.4. The van der Waals surface area contributed by atoms with E-state index in [-0.39, 0.29) is 35.5 Å². The van der Waals surface area contributed by atoms with Crippen LogP contribution in [-0.2, 0) is 9.59 Å². The van der Waals surface area contributed by atoms with Crippen molar-refractivity contribution in [1.82, 2.24) is 20.4 Å². The van der Waals surface area contributed by atoms with E-state index in [0.717, 1.165) is 32.0 Å². The highest BCUT2D eigenvalue weighted by atomic mass is 16.2. The highest BCUT2D eigenvalue weighted by Crippen LogP contribution is 2.52. The topological polar surface area (TPSA) is 77.0 Å². The molecule has 7 heteroatoms. The largest absolute Gasteiger partial charge is 0.357 e. The molecule has 7 nitrogen and oxygen atoms in total. The standard InChI is InChI=1S/C21H35N5O2/c1-5-22-21(24-10-12-25(4)14(2)3)23-9-6-11-26-19(27)17-15-7-8-16(13-15)18(17)20(26)28/h7-8,14-18H,5-6,9-13H2,1-4H3,(H2,22,23,24). The van der Waals surface area contributed by atoms with Crippen LogP contribution in [0, 0.1) is 23.7 Å². The Morgan fingerprint density at radius 2 is 1.86 bits per heavy atom. The van der Waals surface area contributed by atoms with Crippen molar-refractivity contribution in [3.05, 3.63) is 12.2 Å². The molecule has 156 valence electrons. The van der Waals surface area contributed by atoms with E-state index in [1.807, 2.05) is 6.92 Å². The normalized spacial score (nSPS) is 28.8.